The average Bonchev–Trinajstić information content (AvgIpc) is 2.97. The minimum Gasteiger partial charge on any atom is -0.457 e. The quantitative estimate of drug-likeness (QED) is 0.235. The third kappa shape index (κ3) is 8.18. The van der Waals surface area contributed by atoms with E-state index in [2.05, 4.69) is 54.6 Å². The van der Waals surface area contributed by atoms with Crippen molar-refractivity contribution in [3.8, 4) is 16.9 Å². The molecule has 0 heterocycles. The van der Waals surface area contributed by atoms with E-state index in [4.69, 9.17) is 4.74 Å². The van der Waals surface area contributed by atoms with E-state index in [9.17, 15) is 4.79 Å². The molecule has 0 saturated heterocycles. The van der Waals surface area contributed by atoms with E-state index in [0.29, 0.717) is 12.2 Å². The predicted octanol–water partition coefficient (Wildman–Crippen LogP) is 10.1. The van der Waals surface area contributed by atoms with Gasteiger partial charge in [-0.25, -0.2) is 0 Å². The Balaban J connectivity index is 1.12. The standard InChI is InChI=1S/C37H44O2/c38-34-20-11-18-32-17-9-10-22-36(32)37(28-34)39-35-21-12-19-33(27-35)31-25-23-30(24-26-31)16-6-3-1-2-5-13-29-14-7-4-8-15-29/h9-10,12,17,19,21-29H,1-8,11,13-16,18,20H2/b37-28+. The molecule has 204 valence electrons. The second-order valence-corrected chi connectivity index (χ2v) is 11.6. The van der Waals surface area contributed by atoms with E-state index >= 15 is 0 Å². The van der Waals surface area contributed by atoms with Crippen molar-refractivity contribution in [2.45, 2.75) is 96.3 Å². The van der Waals surface area contributed by atoms with E-state index < -0.39 is 0 Å². The van der Waals surface area contributed by atoms with E-state index in [1.807, 2.05) is 18.2 Å². The molecule has 3 aromatic carbocycles. The van der Waals surface area contributed by atoms with Crippen LogP contribution in [0.1, 0.15) is 100 Å². The highest BCUT2D eigenvalue weighted by Crippen LogP contribution is 2.31. The summed E-state index contributed by atoms with van der Waals surface area (Å²) in [6.45, 7) is 0. The first-order valence-electron chi connectivity index (χ1n) is 15.4. The zero-order valence-corrected chi connectivity index (χ0v) is 23.5. The summed E-state index contributed by atoms with van der Waals surface area (Å²) in [5, 5.41) is 0. The molecular weight excluding hydrogens is 476 g/mol. The molecule has 2 nitrogen and oxygen atoms in total. The zero-order valence-electron chi connectivity index (χ0n) is 23.5. The summed E-state index contributed by atoms with van der Waals surface area (Å²) in [6, 6.07) is 25.5. The molecule has 0 N–H and O–H groups in total. The summed E-state index contributed by atoms with van der Waals surface area (Å²) in [4.78, 5) is 12.4. The van der Waals surface area contributed by atoms with E-state index in [-0.39, 0.29) is 5.78 Å². The Morgan fingerprint density at radius 3 is 2.36 bits per heavy atom. The lowest BCUT2D eigenvalue weighted by Gasteiger charge is -2.21. The minimum absolute atomic E-state index is 0.130. The number of ether oxygens (including phenoxy) is 1. The van der Waals surface area contributed by atoms with Crippen LogP contribution in [-0.4, -0.2) is 5.78 Å². The number of unbranched alkanes of at least 4 members (excludes halogenated alkanes) is 4. The van der Waals surface area contributed by atoms with Crippen molar-refractivity contribution >= 4 is 11.5 Å². The zero-order chi connectivity index (χ0) is 26.7. The SMILES string of the molecule is O=C1/C=C(/Oc2cccc(-c3ccc(CCCCCCCC4CCCCC4)cc3)c2)c2ccccc2CCC1. The van der Waals surface area contributed by atoms with Crippen LogP contribution in [0.5, 0.6) is 5.75 Å². The summed E-state index contributed by atoms with van der Waals surface area (Å²) in [6.07, 6.45) is 20.9. The molecule has 0 radical (unpaired) electrons. The Labute approximate surface area is 235 Å². The molecule has 2 heteroatoms. The molecule has 2 aliphatic carbocycles. The van der Waals surface area contributed by atoms with Crippen LogP contribution in [0, 0.1) is 5.92 Å². The van der Waals surface area contributed by atoms with Crippen molar-refractivity contribution in [2.24, 2.45) is 5.92 Å². The lowest BCUT2D eigenvalue weighted by Crippen LogP contribution is -2.07. The number of fused-ring (bicyclic) bond motifs is 1. The van der Waals surface area contributed by atoms with E-state index in [1.54, 1.807) is 6.08 Å². The Morgan fingerprint density at radius 1 is 0.692 bits per heavy atom. The number of rotatable bonds is 11. The van der Waals surface area contributed by atoms with E-state index in [0.717, 1.165) is 42.1 Å². The first-order chi connectivity index (χ1) is 19.2. The molecule has 0 atom stereocenters. The molecular formula is C37H44O2. The maximum Gasteiger partial charge on any atom is 0.159 e. The molecule has 0 amide bonds. The van der Waals surface area contributed by atoms with Crippen molar-refractivity contribution in [3.63, 3.8) is 0 Å². The van der Waals surface area contributed by atoms with Gasteiger partial charge in [0.1, 0.15) is 11.5 Å². The molecule has 0 unspecified atom stereocenters. The number of hydrogen-bond donors (Lipinski definition) is 0. The van der Waals surface area contributed by atoms with Crippen LogP contribution in [0.15, 0.2) is 78.9 Å². The molecule has 5 rings (SSSR count). The van der Waals surface area contributed by atoms with Gasteiger partial charge in [-0.3, -0.25) is 4.79 Å². The maximum absolute atomic E-state index is 12.4. The topological polar surface area (TPSA) is 26.3 Å². The number of benzene rings is 3. The van der Waals surface area contributed by atoms with Crippen molar-refractivity contribution in [2.75, 3.05) is 0 Å². The first kappa shape index (κ1) is 27.4. The van der Waals surface area contributed by atoms with Gasteiger partial charge in [0.15, 0.2) is 5.78 Å². The molecule has 3 aromatic rings. The third-order valence-electron chi connectivity index (χ3n) is 8.60. The smallest absolute Gasteiger partial charge is 0.159 e. The number of hydrogen-bond acceptors (Lipinski definition) is 2. The number of carbonyl (C=O) groups excluding carboxylic acids is 1. The molecule has 39 heavy (non-hydrogen) atoms. The van der Waals surface area contributed by atoms with Gasteiger partial charge in [-0.1, -0.05) is 125 Å². The summed E-state index contributed by atoms with van der Waals surface area (Å²) >= 11 is 0. The van der Waals surface area contributed by atoms with Gasteiger partial charge in [0.2, 0.25) is 0 Å². The molecule has 1 fully saturated rings. The molecule has 2 aliphatic rings. The molecule has 0 spiro atoms. The van der Waals surface area contributed by atoms with Gasteiger partial charge in [-0.2, -0.15) is 0 Å². The number of allylic oxidation sites excluding steroid dienone is 1. The summed E-state index contributed by atoms with van der Waals surface area (Å²) in [5.41, 5.74) is 5.99. The van der Waals surface area contributed by atoms with Crippen molar-refractivity contribution in [1.29, 1.82) is 0 Å². The van der Waals surface area contributed by atoms with Gasteiger partial charge >= 0.3 is 0 Å². The van der Waals surface area contributed by atoms with Gasteiger partial charge in [-0.15, -0.1) is 0 Å². The Bertz CT molecular complexity index is 1230. The molecule has 0 aliphatic heterocycles. The normalized spacial score (nSPS) is 17.5. The minimum atomic E-state index is 0.130. The fraction of sp³-hybridized carbons (Fsp3) is 0.432. The molecule has 0 aromatic heterocycles. The average molecular weight is 521 g/mol. The van der Waals surface area contributed by atoms with Crippen molar-refractivity contribution in [3.05, 3.63) is 95.6 Å². The number of ketones is 1. The fourth-order valence-electron chi connectivity index (χ4n) is 6.31. The van der Waals surface area contributed by atoms with Crippen LogP contribution >= 0.6 is 0 Å². The van der Waals surface area contributed by atoms with Gasteiger partial charge in [-0.05, 0) is 66.0 Å². The van der Waals surface area contributed by atoms with Crippen LogP contribution < -0.4 is 4.74 Å². The van der Waals surface area contributed by atoms with Crippen LogP contribution in [0.2, 0.25) is 0 Å². The largest absolute Gasteiger partial charge is 0.457 e. The van der Waals surface area contributed by atoms with Gasteiger partial charge in [0.05, 0.1) is 0 Å². The first-order valence-corrected chi connectivity index (χ1v) is 15.4. The van der Waals surface area contributed by atoms with Gasteiger partial charge in [0.25, 0.3) is 0 Å². The highest BCUT2D eigenvalue weighted by Gasteiger charge is 2.16. The van der Waals surface area contributed by atoms with Crippen LogP contribution in [0.25, 0.3) is 16.9 Å². The molecule has 0 bridgehead atoms. The van der Waals surface area contributed by atoms with Crippen LogP contribution in [0.3, 0.4) is 0 Å². The summed E-state index contributed by atoms with van der Waals surface area (Å²) < 4.78 is 6.34. The lowest BCUT2D eigenvalue weighted by atomic mass is 9.85. The van der Waals surface area contributed by atoms with Crippen LogP contribution in [-0.2, 0) is 17.6 Å². The Hall–Kier alpha value is -3.13. The maximum atomic E-state index is 12.4. The summed E-state index contributed by atoms with van der Waals surface area (Å²) in [5.74, 6) is 2.57. The number of aryl methyl sites for hydroxylation is 2. The predicted molar refractivity (Wildman–Crippen MR) is 163 cm³/mol. The monoisotopic (exact) mass is 520 g/mol. The molecule has 1 saturated carbocycles. The van der Waals surface area contributed by atoms with Gasteiger partial charge in [0, 0.05) is 18.1 Å². The van der Waals surface area contributed by atoms with E-state index in [1.165, 1.54) is 87.3 Å². The van der Waals surface area contributed by atoms with Gasteiger partial charge < -0.3 is 4.74 Å². The Kier molecular flexibility index (Phi) is 10.1. The fourth-order valence-corrected chi connectivity index (χ4v) is 6.31. The van der Waals surface area contributed by atoms with Crippen LogP contribution in [0.4, 0.5) is 0 Å². The second-order valence-electron chi connectivity index (χ2n) is 11.6. The summed E-state index contributed by atoms with van der Waals surface area (Å²) in [7, 11) is 0. The number of carbonyl (C=O) groups is 1. The Morgan fingerprint density at radius 2 is 1.49 bits per heavy atom. The highest BCUT2D eigenvalue weighted by molar-refractivity contribution is 5.96. The van der Waals surface area contributed by atoms with Crippen molar-refractivity contribution in [1.82, 2.24) is 0 Å². The third-order valence-corrected chi connectivity index (χ3v) is 8.60. The lowest BCUT2D eigenvalue weighted by molar-refractivity contribution is -0.114. The highest BCUT2D eigenvalue weighted by atomic mass is 16.5. The van der Waals surface area contributed by atoms with Crippen molar-refractivity contribution < 1.29 is 9.53 Å². The second kappa shape index (κ2) is 14.3.